The number of allylic oxidation sites excluding steroid dienone is 1. The van der Waals surface area contributed by atoms with E-state index in [4.69, 9.17) is 17.0 Å². The molecule has 3 atom stereocenters. The Morgan fingerprint density at radius 3 is 2.82 bits per heavy atom. The van der Waals surface area contributed by atoms with Crippen LogP contribution in [-0.4, -0.2) is 48.6 Å². The first-order valence-corrected chi connectivity index (χ1v) is 9.90. The van der Waals surface area contributed by atoms with Gasteiger partial charge in [-0.05, 0) is 43.0 Å². The zero-order valence-electron chi connectivity index (χ0n) is 15.4. The highest BCUT2D eigenvalue weighted by atomic mass is 32.1. The van der Waals surface area contributed by atoms with Gasteiger partial charge in [0.15, 0.2) is 5.11 Å². The van der Waals surface area contributed by atoms with Crippen molar-refractivity contribution in [2.75, 3.05) is 31.2 Å². The topological polar surface area (TPSA) is 92.0 Å². The first-order valence-electron chi connectivity index (χ1n) is 9.49. The lowest BCUT2D eigenvalue weighted by Crippen LogP contribution is -2.42. The van der Waals surface area contributed by atoms with Gasteiger partial charge in [0.2, 0.25) is 0 Å². The molecule has 1 saturated carbocycles. The van der Waals surface area contributed by atoms with Crippen molar-refractivity contribution in [1.82, 2.24) is 10.7 Å². The lowest BCUT2D eigenvalue weighted by molar-refractivity contribution is -0.384. The van der Waals surface area contributed by atoms with Gasteiger partial charge in [0.05, 0.1) is 24.4 Å². The maximum absolute atomic E-state index is 11.5. The summed E-state index contributed by atoms with van der Waals surface area (Å²) >= 11 is 5.31. The van der Waals surface area contributed by atoms with E-state index in [1.54, 1.807) is 12.3 Å². The van der Waals surface area contributed by atoms with E-state index in [0.717, 1.165) is 6.42 Å². The number of nitro benzene ring substituents is 1. The Kier molecular flexibility index (Phi) is 5.54. The van der Waals surface area contributed by atoms with E-state index in [0.29, 0.717) is 60.5 Å². The minimum atomic E-state index is -0.357. The maximum Gasteiger partial charge on any atom is 0.293 e. The molecule has 1 aromatic carbocycles. The normalized spacial score (nSPS) is 26.0. The molecule has 2 bridgehead atoms. The number of hydrogen-bond donors (Lipinski definition) is 2. The highest BCUT2D eigenvalue weighted by molar-refractivity contribution is 7.80. The van der Waals surface area contributed by atoms with Gasteiger partial charge in [-0.25, -0.2) is 0 Å². The molecule has 1 aliphatic heterocycles. The van der Waals surface area contributed by atoms with Gasteiger partial charge >= 0.3 is 0 Å². The molecule has 2 N–H and O–H groups in total. The second kappa shape index (κ2) is 8.24. The van der Waals surface area contributed by atoms with Crippen LogP contribution in [0.5, 0.6) is 0 Å². The van der Waals surface area contributed by atoms with Gasteiger partial charge in [0.25, 0.3) is 5.69 Å². The van der Waals surface area contributed by atoms with Crippen LogP contribution in [0.15, 0.2) is 35.5 Å². The Bertz CT molecular complexity index is 822. The van der Waals surface area contributed by atoms with Crippen LogP contribution in [0.4, 0.5) is 11.4 Å². The average Bonchev–Trinajstić information content (AvgIpc) is 3.31. The molecule has 3 aliphatic rings. The second-order valence-corrected chi connectivity index (χ2v) is 7.74. The number of nitrogens with one attached hydrogen (secondary N) is 2. The SMILES string of the molecule is O=[N+]([O-])c1cc(C=NNC(=S)NC2CC3C=CC2C3)ccc1N1CCOCC1. The number of thiocarbonyl (C=S) groups is 1. The van der Waals surface area contributed by atoms with Crippen molar-refractivity contribution >= 4 is 34.9 Å². The highest BCUT2D eigenvalue weighted by Gasteiger charge is 2.35. The third-order valence-electron chi connectivity index (χ3n) is 5.52. The van der Waals surface area contributed by atoms with Gasteiger partial charge in [-0.1, -0.05) is 18.2 Å². The molecule has 3 unspecified atom stereocenters. The summed E-state index contributed by atoms with van der Waals surface area (Å²) in [7, 11) is 0. The number of hydrazone groups is 1. The molecule has 1 heterocycles. The predicted octanol–water partition coefficient (Wildman–Crippen LogP) is 2.19. The van der Waals surface area contributed by atoms with Gasteiger partial charge in [-0.3, -0.25) is 15.5 Å². The molecule has 9 heteroatoms. The van der Waals surface area contributed by atoms with Crippen molar-refractivity contribution in [2.24, 2.45) is 16.9 Å². The summed E-state index contributed by atoms with van der Waals surface area (Å²) in [6.07, 6.45) is 8.38. The highest BCUT2D eigenvalue weighted by Crippen LogP contribution is 2.38. The number of hydrogen-bond acceptors (Lipinski definition) is 6. The fraction of sp³-hybridized carbons (Fsp3) is 0.474. The van der Waals surface area contributed by atoms with Crippen molar-refractivity contribution in [3.05, 3.63) is 46.0 Å². The van der Waals surface area contributed by atoms with Crippen LogP contribution in [0, 0.1) is 22.0 Å². The summed E-state index contributed by atoms with van der Waals surface area (Å²) < 4.78 is 5.32. The van der Waals surface area contributed by atoms with Crippen molar-refractivity contribution < 1.29 is 9.66 Å². The number of anilines is 1. The third-order valence-corrected chi connectivity index (χ3v) is 5.73. The molecule has 0 amide bonds. The minimum Gasteiger partial charge on any atom is -0.378 e. The van der Waals surface area contributed by atoms with Gasteiger partial charge in [-0.15, -0.1) is 0 Å². The Balaban J connectivity index is 1.37. The Labute approximate surface area is 168 Å². The van der Waals surface area contributed by atoms with E-state index in [-0.39, 0.29) is 10.6 Å². The second-order valence-electron chi connectivity index (χ2n) is 7.33. The number of nitrogens with zero attached hydrogens (tertiary/aromatic N) is 3. The molecule has 0 radical (unpaired) electrons. The minimum absolute atomic E-state index is 0.0697. The van der Waals surface area contributed by atoms with Gasteiger partial charge < -0.3 is 15.0 Å². The molecule has 0 aromatic heterocycles. The average molecular weight is 401 g/mol. The summed E-state index contributed by atoms with van der Waals surface area (Å²) in [5.41, 5.74) is 4.13. The van der Waals surface area contributed by atoms with Crippen LogP contribution in [0.2, 0.25) is 0 Å². The van der Waals surface area contributed by atoms with Gasteiger partial charge in [0.1, 0.15) is 5.69 Å². The number of morpholine rings is 1. The fourth-order valence-corrected chi connectivity index (χ4v) is 4.36. The van der Waals surface area contributed by atoms with E-state index in [9.17, 15) is 10.1 Å². The first kappa shape index (κ1) is 18.8. The van der Waals surface area contributed by atoms with E-state index in [1.807, 2.05) is 11.0 Å². The predicted molar refractivity (Wildman–Crippen MR) is 112 cm³/mol. The number of benzene rings is 1. The monoisotopic (exact) mass is 401 g/mol. The smallest absolute Gasteiger partial charge is 0.293 e. The number of rotatable bonds is 5. The Hall–Kier alpha value is -2.52. The van der Waals surface area contributed by atoms with E-state index in [2.05, 4.69) is 28.0 Å². The molecule has 1 saturated heterocycles. The molecule has 148 valence electrons. The van der Waals surface area contributed by atoms with Gasteiger partial charge in [-0.2, -0.15) is 5.10 Å². The lowest BCUT2D eigenvalue weighted by Gasteiger charge is -2.28. The van der Waals surface area contributed by atoms with Gasteiger partial charge in [0, 0.05) is 30.8 Å². The van der Waals surface area contributed by atoms with Crippen molar-refractivity contribution in [3.63, 3.8) is 0 Å². The van der Waals surface area contributed by atoms with Crippen molar-refractivity contribution in [3.8, 4) is 0 Å². The summed E-state index contributed by atoms with van der Waals surface area (Å²) in [6.45, 7) is 2.45. The molecule has 1 aromatic rings. The molecule has 4 rings (SSSR count). The van der Waals surface area contributed by atoms with Crippen LogP contribution in [-0.2, 0) is 4.74 Å². The summed E-state index contributed by atoms with van der Waals surface area (Å²) in [4.78, 5) is 13.1. The largest absolute Gasteiger partial charge is 0.378 e. The number of nitro groups is 1. The van der Waals surface area contributed by atoms with E-state index >= 15 is 0 Å². The van der Waals surface area contributed by atoms with Crippen molar-refractivity contribution in [2.45, 2.75) is 18.9 Å². The maximum atomic E-state index is 11.5. The first-order chi connectivity index (χ1) is 13.6. The molecule has 28 heavy (non-hydrogen) atoms. The van der Waals surface area contributed by atoms with Crippen LogP contribution in [0.1, 0.15) is 18.4 Å². The Morgan fingerprint density at radius 1 is 1.32 bits per heavy atom. The molecular weight excluding hydrogens is 378 g/mol. The lowest BCUT2D eigenvalue weighted by atomic mass is 10.0. The summed E-state index contributed by atoms with van der Waals surface area (Å²) in [6, 6.07) is 5.48. The van der Waals surface area contributed by atoms with Crippen LogP contribution < -0.4 is 15.6 Å². The molecular formula is C19H23N5O3S. The quantitative estimate of drug-likeness (QED) is 0.257. The fourth-order valence-electron chi connectivity index (χ4n) is 4.15. The molecule has 0 spiro atoms. The third kappa shape index (κ3) is 4.15. The zero-order valence-corrected chi connectivity index (χ0v) is 16.2. The summed E-state index contributed by atoms with van der Waals surface area (Å²) in [5, 5.41) is 19.4. The Morgan fingerprint density at radius 2 is 2.14 bits per heavy atom. The van der Waals surface area contributed by atoms with Crippen LogP contribution in [0.25, 0.3) is 0 Å². The van der Waals surface area contributed by atoms with Crippen LogP contribution >= 0.6 is 12.2 Å². The molecule has 8 nitrogen and oxygen atoms in total. The molecule has 2 aliphatic carbocycles. The van der Waals surface area contributed by atoms with Crippen molar-refractivity contribution in [1.29, 1.82) is 0 Å². The van der Waals surface area contributed by atoms with E-state index in [1.165, 1.54) is 12.5 Å². The van der Waals surface area contributed by atoms with E-state index < -0.39 is 0 Å². The number of ether oxygens (including phenoxy) is 1. The number of fused-ring (bicyclic) bond motifs is 2. The zero-order chi connectivity index (χ0) is 19.5. The summed E-state index contributed by atoms with van der Waals surface area (Å²) in [5.74, 6) is 1.21. The molecule has 2 fully saturated rings. The van der Waals surface area contributed by atoms with Crippen LogP contribution in [0.3, 0.4) is 0 Å². The standard InChI is InChI=1S/C19H23N5O3S/c25-24(26)18-11-14(2-4-17(18)23-5-7-27-8-6-23)12-20-22-19(28)21-16-10-13-1-3-15(16)9-13/h1-4,11-13,15-16H,5-10H2,(H2,21,22,28).